The highest BCUT2D eigenvalue weighted by Crippen LogP contribution is 2.64. The highest BCUT2D eigenvalue weighted by atomic mass is 31.2. The minimum absolute atomic E-state index is 0.0444. The van der Waals surface area contributed by atoms with Crippen molar-refractivity contribution in [1.29, 1.82) is 0 Å². The Labute approximate surface area is 298 Å². The van der Waals surface area contributed by atoms with Crippen molar-refractivity contribution < 1.29 is 47.3 Å². The van der Waals surface area contributed by atoms with Gasteiger partial charge in [0.15, 0.2) is 0 Å². The molecule has 0 amide bonds. The van der Waals surface area contributed by atoms with E-state index in [1.165, 1.54) is 6.42 Å². The van der Waals surface area contributed by atoms with Crippen molar-refractivity contribution in [3.8, 4) is 0 Å². The molecule has 6 saturated heterocycles. The molecule has 10 rings (SSSR count). The molecule has 0 radical (unpaired) electrons. The number of fused-ring (bicyclic) bond motifs is 4. The number of ether oxygens (including phenoxy) is 2. The maximum absolute atomic E-state index is 13.7. The summed E-state index contributed by atoms with van der Waals surface area (Å²) < 4.78 is 45.1. The first-order valence-corrected chi connectivity index (χ1v) is 21.5. The van der Waals surface area contributed by atoms with Crippen molar-refractivity contribution in [2.45, 2.75) is 173 Å². The maximum atomic E-state index is 13.7. The van der Waals surface area contributed by atoms with Gasteiger partial charge in [0, 0.05) is 19.3 Å². The number of phosphoric acid groups is 1. The molecule has 6 heterocycles. The van der Waals surface area contributed by atoms with Crippen LogP contribution in [0.3, 0.4) is 0 Å². The first kappa shape index (κ1) is 36.4. The Bertz CT molecular complexity index is 1360. The zero-order valence-corrected chi connectivity index (χ0v) is 32.5. The van der Waals surface area contributed by atoms with E-state index in [1.807, 2.05) is 0 Å². The van der Waals surface area contributed by atoms with Crippen molar-refractivity contribution in [2.75, 3.05) is 13.2 Å². The van der Waals surface area contributed by atoms with Crippen LogP contribution in [0.5, 0.6) is 0 Å². The largest absolute Gasteiger partial charge is 0.550 e. The van der Waals surface area contributed by atoms with Crippen LogP contribution in [0.25, 0.3) is 0 Å². The van der Waals surface area contributed by atoms with E-state index in [1.54, 1.807) is 13.8 Å². The Kier molecular flexibility index (Phi) is 9.46. The van der Waals surface area contributed by atoms with Gasteiger partial charge in [-0.25, -0.2) is 24.1 Å². The fraction of sp³-hybridized carbons (Fsp3) is 0.974. The van der Waals surface area contributed by atoms with E-state index in [2.05, 4.69) is 41.5 Å². The van der Waals surface area contributed by atoms with Crippen LogP contribution in [-0.4, -0.2) is 65.7 Å². The van der Waals surface area contributed by atoms with Gasteiger partial charge in [-0.3, -0.25) is 13.7 Å². The third-order valence-corrected chi connectivity index (χ3v) is 16.5. The van der Waals surface area contributed by atoms with Crippen LogP contribution in [0, 0.1) is 47.3 Å². The Morgan fingerprint density at radius 2 is 1.22 bits per heavy atom. The second kappa shape index (κ2) is 13.0. The SMILES string of the molecule is CCOP(=O)(OCC)O/N=C(/C[C@H]1O[C@@H]2C[C@]3(C)CC[C@H]4[C@H](C)CC[C@@H]([C@H]1C)[C@@]24OO3)[C@H]1O[C@@H]2C[C@]3(C)CC[C@H]4[C@H](C)CC[C@@H]([C@H]1C)[C@@]24OO3. The molecule has 4 saturated carbocycles. The topological polar surface area (TPSA) is 113 Å². The van der Waals surface area contributed by atoms with Gasteiger partial charge in [-0.15, -0.1) is 0 Å². The smallest absolute Gasteiger partial charge is 0.371 e. The highest BCUT2D eigenvalue weighted by molar-refractivity contribution is 7.48. The van der Waals surface area contributed by atoms with Crippen molar-refractivity contribution in [1.82, 2.24) is 0 Å². The maximum Gasteiger partial charge on any atom is 0.550 e. The lowest BCUT2D eigenvalue weighted by Crippen LogP contribution is -2.71. The summed E-state index contributed by atoms with van der Waals surface area (Å²) in [6, 6.07) is 0. The third-order valence-electron chi connectivity index (χ3n) is 15.1. The Morgan fingerprint density at radius 3 is 1.76 bits per heavy atom. The first-order valence-electron chi connectivity index (χ1n) is 20.0. The molecule has 0 aromatic rings. The van der Waals surface area contributed by atoms with Gasteiger partial charge in [0.1, 0.15) is 28.5 Å². The predicted octanol–water partition coefficient (Wildman–Crippen LogP) is 8.35. The van der Waals surface area contributed by atoms with Crippen molar-refractivity contribution in [2.24, 2.45) is 52.5 Å². The Hall–Kier alpha value is -0.620. The van der Waals surface area contributed by atoms with E-state index < -0.39 is 24.6 Å². The quantitative estimate of drug-likeness (QED) is 0.0996. The molecule has 0 unspecified atom stereocenters. The summed E-state index contributed by atoms with van der Waals surface area (Å²) in [6.07, 6.45) is 9.77. The molecule has 12 heteroatoms. The zero-order chi connectivity index (χ0) is 35.3. The molecule has 10 aliphatic rings. The molecule has 11 nitrogen and oxygen atoms in total. The summed E-state index contributed by atoms with van der Waals surface area (Å²) in [7, 11) is -3.94. The standard InChI is InChI=1S/C38H62NO10P/c1-9-41-50(40,42-10-2)49-39-30(34-25(6)29-14-12-23(4)27-16-18-36(8)21-33(44-34)38(27,29)48-46-36)19-31-24(5)28-13-11-22(3)26-15-17-35(7)20-32(43-31)37(26,28)47-45-35/h22-29,31-34H,9-21H2,1-8H3/b39-30-/t22-,23-,24-,25-,26+,27+,28+,29+,31-,32-,33-,34+,35+,36+,37-,38-/m1/s1. The van der Waals surface area contributed by atoms with E-state index in [0.29, 0.717) is 35.8 Å². The lowest BCUT2D eigenvalue weighted by atomic mass is 9.55. The van der Waals surface area contributed by atoms with Gasteiger partial charge in [-0.2, -0.15) is 0 Å². The average Bonchev–Trinajstić information content (AvgIpc) is 3.45. The molecule has 50 heavy (non-hydrogen) atoms. The lowest BCUT2D eigenvalue weighted by Gasteiger charge is -2.62. The summed E-state index contributed by atoms with van der Waals surface area (Å²) in [5.41, 5.74) is -1.02. The second-order valence-electron chi connectivity index (χ2n) is 18.0. The molecular weight excluding hydrogens is 661 g/mol. The second-order valence-corrected chi connectivity index (χ2v) is 19.6. The zero-order valence-electron chi connectivity index (χ0n) is 31.6. The van der Waals surface area contributed by atoms with E-state index in [-0.39, 0.29) is 66.9 Å². The molecule has 0 aromatic carbocycles. The number of rotatable bonds is 9. The first-order chi connectivity index (χ1) is 23.8. The summed E-state index contributed by atoms with van der Waals surface area (Å²) in [4.78, 5) is 25.7. The molecule has 6 aliphatic heterocycles. The summed E-state index contributed by atoms with van der Waals surface area (Å²) in [6.45, 7) is 17.5. The van der Waals surface area contributed by atoms with Crippen LogP contribution in [0.15, 0.2) is 5.16 Å². The molecule has 0 aromatic heterocycles. The number of nitrogens with zero attached hydrogens (tertiary/aromatic N) is 1. The minimum atomic E-state index is -3.94. The summed E-state index contributed by atoms with van der Waals surface area (Å²) >= 11 is 0. The van der Waals surface area contributed by atoms with Gasteiger partial charge >= 0.3 is 7.82 Å². The average molecular weight is 724 g/mol. The molecular formula is C38H62NO10P. The summed E-state index contributed by atoms with van der Waals surface area (Å²) in [5.74, 6) is 2.54. The van der Waals surface area contributed by atoms with Crippen molar-refractivity contribution in [3.63, 3.8) is 0 Å². The van der Waals surface area contributed by atoms with Gasteiger partial charge in [0.25, 0.3) is 0 Å². The Morgan fingerprint density at radius 1 is 0.700 bits per heavy atom. The minimum Gasteiger partial charge on any atom is -0.371 e. The Balaban J connectivity index is 1.15. The fourth-order valence-corrected chi connectivity index (χ4v) is 13.5. The van der Waals surface area contributed by atoms with E-state index in [9.17, 15) is 4.57 Å². The molecule has 2 spiro atoms. The van der Waals surface area contributed by atoms with Gasteiger partial charge in [-0.1, -0.05) is 32.9 Å². The molecule has 16 atom stereocenters. The van der Waals surface area contributed by atoms with Crippen molar-refractivity contribution >= 4 is 13.5 Å². The monoisotopic (exact) mass is 723 g/mol. The lowest BCUT2D eigenvalue weighted by molar-refractivity contribution is -0.487. The van der Waals surface area contributed by atoms with Crippen LogP contribution in [0.2, 0.25) is 0 Å². The van der Waals surface area contributed by atoms with Crippen LogP contribution in [0.1, 0.15) is 126 Å². The van der Waals surface area contributed by atoms with Crippen LogP contribution in [0.4, 0.5) is 0 Å². The highest BCUT2D eigenvalue weighted by Gasteiger charge is 2.70. The van der Waals surface area contributed by atoms with Crippen molar-refractivity contribution in [3.05, 3.63) is 0 Å². The number of phosphoric ester groups is 1. The molecule has 4 aliphatic carbocycles. The van der Waals surface area contributed by atoms with Gasteiger partial charge in [0.05, 0.1) is 37.2 Å². The van der Waals surface area contributed by atoms with Crippen LogP contribution < -0.4 is 0 Å². The van der Waals surface area contributed by atoms with E-state index in [0.717, 1.165) is 57.8 Å². The van der Waals surface area contributed by atoms with E-state index in [4.69, 9.17) is 47.9 Å². The molecule has 4 bridgehead atoms. The predicted molar refractivity (Wildman–Crippen MR) is 185 cm³/mol. The fourth-order valence-electron chi connectivity index (χ4n) is 12.5. The van der Waals surface area contributed by atoms with Gasteiger partial charge in [0.2, 0.25) is 0 Å². The molecule has 0 N–H and O–H groups in total. The molecule has 10 fully saturated rings. The molecule has 284 valence electrons. The number of oxime groups is 1. The summed E-state index contributed by atoms with van der Waals surface area (Å²) in [5, 5.41) is 4.74. The third kappa shape index (κ3) is 5.56. The number of hydrogen-bond donors (Lipinski definition) is 0. The van der Waals surface area contributed by atoms with Crippen LogP contribution >= 0.6 is 7.82 Å². The number of hydrogen-bond acceptors (Lipinski definition) is 11. The van der Waals surface area contributed by atoms with Gasteiger partial charge in [-0.05, 0) is 126 Å². The van der Waals surface area contributed by atoms with Crippen LogP contribution in [-0.2, 0) is 47.3 Å². The normalized spacial score (nSPS) is 52.8. The van der Waals surface area contributed by atoms with E-state index >= 15 is 0 Å². The van der Waals surface area contributed by atoms with Gasteiger partial charge < -0.3 is 9.47 Å².